The summed E-state index contributed by atoms with van der Waals surface area (Å²) < 4.78 is 42.9. The Morgan fingerprint density at radius 2 is 1.48 bits per heavy atom. The van der Waals surface area contributed by atoms with Crippen LogP contribution in [0.3, 0.4) is 0 Å². The average molecular weight is 546 g/mol. The molecule has 6 nitrogen and oxygen atoms in total. The van der Waals surface area contributed by atoms with Gasteiger partial charge in [0.1, 0.15) is 5.69 Å². The molecule has 0 spiro atoms. The highest BCUT2D eigenvalue weighted by Crippen LogP contribution is 2.53. The van der Waals surface area contributed by atoms with Gasteiger partial charge < -0.3 is 15.1 Å². The molecule has 2 heterocycles. The Hall–Kier alpha value is -4.08. The van der Waals surface area contributed by atoms with Gasteiger partial charge in [-0.15, -0.1) is 12.2 Å². The van der Waals surface area contributed by atoms with Crippen molar-refractivity contribution >= 4 is 5.69 Å². The highest BCUT2D eigenvalue weighted by molar-refractivity contribution is 5.73. The number of allylic oxidation sites excluding steroid dienone is 1. The average Bonchev–Trinajstić information content (AvgIpc) is 3.40. The van der Waals surface area contributed by atoms with Gasteiger partial charge in [-0.25, -0.2) is 4.68 Å². The van der Waals surface area contributed by atoms with Crippen LogP contribution < -0.4 is 20.7 Å². The first-order chi connectivity index (χ1) is 19.0. The summed E-state index contributed by atoms with van der Waals surface area (Å²) in [5.41, 5.74) is -0.123. The van der Waals surface area contributed by atoms with E-state index < -0.39 is 52.5 Å². The minimum absolute atomic E-state index is 0.177. The van der Waals surface area contributed by atoms with Crippen molar-refractivity contribution < 1.29 is 23.4 Å². The van der Waals surface area contributed by atoms with Crippen molar-refractivity contribution in [3.05, 3.63) is 129 Å². The number of nitrogens with zero attached hydrogens (tertiary/aromatic N) is 2. The molecular formula is C31H26F3N3O3-2. The maximum absolute atomic E-state index is 14.0. The number of alkyl halides is 3. The van der Waals surface area contributed by atoms with E-state index in [2.05, 4.69) is 5.10 Å². The van der Waals surface area contributed by atoms with E-state index in [0.29, 0.717) is 5.70 Å². The number of para-hydroxylation sites is 2. The summed E-state index contributed by atoms with van der Waals surface area (Å²) in [7, 11) is 1.85. The van der Waals surface area contributed by atoms with Crippen LogP contribution in [0.2, 0.25) is 0 Å². The smallest absolute Gasteiger partial charge is 0.433 e. The second-order valence-corrected chi connectivity index (χ2v) is 10.5. The molecule has 3 aromatic carbocycles. The predicted molar refractivity (Wildman–Crippen MR) is 141 cm³/mol. The highest BCUT2D eigenvalue weighted by Gasteiger charge is 2.49. The zero-order valence-electron chi connectivity index (χ0n) is 21.7. The molecule has 1 fully saturated rings. The molecule has 3 atom stereocenters. The molecule has 0 radical (unpaired) electrons. The molecule has 0 saturated heterocycles. The van der Waals surface area contributed by atoms with E-state index >= 15 is 0 Å². The lowest BCUT2D eigenvalue weighted by atomic mass is 9.64. The van der Waals surface area contributed by atoms with Crippen molar-refractivity contribution in [2.24, 2.45) is 5.92 Å². The Labute approximate surface area is 228 Å². The quantitative estimate of drug-likeness (QED) is 0.424. The first-order valence-electron chi connectivity index (χ1n) is 13.0. The molecule has 4 aromatic rings. The highest BCUT2D eigenvalue weighted by atomic mass is 19.4. The SMILES string of the molecule is CN1C(=CC2C([O-])C(c3c(C(F)(F)F)[nH]n(-c4ccccc4)c3=O)C2[O-])C(C)(c2ccccc2)c2ccccc21. The number of nitrogens with one attached hydrogen (secondary N) is 1. The summed E-state index contributed by atoms with van der Waals surface area (Å²) in [4.78, 5) is 15.2. The van der Waals surface area contributed by atoms with Crippen LogP contribution in [0.4, 0.5) is 18.9 Å². The zero-order chi connectivity index (χ0) is 28.4. The van der Waals surface area contributed by atoms with Gasteiger partial charge in [0.2, 0.25) is 0 Å². The van der Waals surface area contributed by atoms with Crippen LogP contribution in [0.5, 0.6) is 0 Å². The Morgan fingerprint density at radius 3 is 2.10 bits per heavy atom. The summed E-state index contributed by atoms with van der Waals surface area (Å²) in [6.07, 6.45) is -6.77. The van der Waals surface area contributed by atoms with Crippen LogP contribution in [0, 0.1) is 5.92 Å². The number of aromatic amines is 1. The molecule has 206 valence electrons. The third kappa shape index (κ3) is 3.76. The number of H-pyrrole nitrogens is 1. The Morgan fingerprint density at radius 1 is 0.900 bits per heavy atom. The van der Waals surface area contributed by atoms with Gasteiger partial charge in [-0.05, 0) is 48.1 Å². The molecule has 1 saturated carbocycles. The van der Waals surface area contributed by atoms with Crippen molar-refractivity contribution in [2.45, 2.75) is 36.6 Å². The minimum Gasteiger partial charge on any atom is -0.851 e. The molecule has 9 heteroatoms. The van der Waals surface area contributed by atoms with Gasteiger partial charge in [0.05, 0.1) is 16.7 Å². The number of hydrogen-bond acceptors (Lipinski definition) is 4. The molecular weight excluding hydrogens is 519 g/mol. The lowest BCUT2D eigenvalue weighted by Crippen LogP contribution is -2.65. The van der Waals surface area contributed by atoms with E-state index in [1.165, 1.54) is 12.1 Å². The van der Waals surface area contributed by atoms with Crippen molar-refractivity contribution in [1.29, 1.82) is 0 Å². The molecule has 1 aliphatic heterocycles. The monoisotopic (exact) mass is 545 g/mol. The molecule has 1 aromatic heterocycles. The zero-order valence-corrected chi connectivity index (χ0v) is 21.7. The molecule has 6 rings (SSSR count). The Bertz CT molecular complexity index is 1640. The number of fused-ring (bicyclic) bond motifs is 1. The summed E-state index contributed by atoms with van der Waals surface area (Å²) in [6.45, 7) is 2.01. The van der Waals surface area contributed by atoms with Crippen LogP contribution >= 0.6 is 0 Å². The fourth-order valence-corrected chi connectivity index (χ4v) is 6.29. The third-order valence-corrected chi connectivity index (χ3v) is 8.40. The normalized spacial score (nSPS) is 27.1. The molecule has 0 bridgehead atoms. The maximum atomic E-state index is 14.0. The van der Waals surface area contributed by atoms with E-state index in [0.717, 1.165) is 21.5 Å². The van der Waals surface area contributed by atoms with Gasteiger partial charge in [0.25, 0.3) is 5.56 Å². The van der Waals surface area contributed by atoms with E-state index in [1.807, 2.05) is 73.5 Å². The number of rotatable bonds is 4. The third-order valence-electron chi connectivity index (χ3n) is 8.40. The number of aromatic nitrogens is 2. The Balaban J connectivity index is 1.42. The van der Waals surface area contributed by atoms with Crippen molar-refractivity contribution in [3.63, 3.8) is 0 Å². The van der Waals surface area contributed by atoms with Gasteiger partial charge in [0, 0.05) is 18.4 Å². The van der Waals surface area contributed by atoms with Crippen LogP contribution in [-0.2, 0) is 11.6 Å². The van der Waals surface area contributed by atoms with Crippen LogP contribution in [0.1, 0.15) is 35.2 Å². The summed E-state index contributed by atoms with van der Waals surface area (Å²) in [6, 6.07) is 25.2. The molecule has 2 aliphatic rings. The predicted octanol–water partition coefficient (Wildman–Crippen LogP) is 3.70. The van der Waals surface area contributed by atoms with E-state index in [1.54, 1.807) is 24.3 Å². The van der Waals surface area contributed by atoms with Crippen molar-refractivity contribution in [2.75, 3.05) is 11.9 Å². The lowest BCUT2D eigenvalue weighted by Gasteiger charge is -2.60. The fourth-order valence-electron chi connectivity index (χ4n) is 6.29. The molecule has 0 amide bonds. The molecule has 3 unspecified atom stereocenters. The summed E-state index contributed by atoms with van der Waals surface area (Å²) in [5.74, 6) is -2.75. The largest absolute Gasteiger partial charge is 0.851 e. The molecule has 1 N–H and O–H groups in total. The standard InChI is InChI=1S/C31H26F3N3O3/c1-30(18-11-5-3-6-12-18)21-15-9-10-16-22(21)36(2)23(30)17-20-26(38)24(27(20)39)25-28(31(32,33)34)35-37(29(25)40)19-13-7-4-8-14-19/h3-17,20,24,26-27,35H,1-2H3/q-2. The van der Waals surface area contributed by atoms with Crippen LogP contribution in [-0.4, -0.2) is 29.0 Å². The van der Waals surface area contributed by atoms with Crippen molar-refractivity contribution in [1.82, 2.24) is 9.78 Å². The van der Waals surface area contributed by atoms with E-state index in [4.69, 9.17) is 0 Å². The number of likely N-dealkylation sites (N-methyl/N-ethyl adjacent to an activating group) is 1. The second-order valence-electron chi connectivity index (χ2n) is 10.5. The fraction of sp³-hybridized carbons (Fsp3) is 0.258. The summed E-state index contributed by atoms with van der Waals surface area (Å²) in [5, 5.41) is 29.2. The Kier molecular flexibility index (Phi) is 6.05. The lowest BCUT2D eigenvalue weighted by molar-refractivity contribution is -0.543. The second kappa shape index (κ2) is 9.25. The van der Waals surface area contributed by atoms with Crippen LogP contribution in [0.25, 0.3) is 5.69 Å². The van der Waals surface area contributed by atoms with Gasteiger partial charge >= 0.3 is 6.18 Å². The summed E-state index contributed by atoms with van der Waals surface area (Å²) >= 11 is 0. The molecule has 1 aliphatic carbocycles. The maximum Gasteiger partial charge on any atom is 0.433 e. The van der Waals surface area contributed by atoms with Crippen molar-refractivity contribution in [3.8, 4) is 5.69 Å². The first kappa shape index (κ1) is 26.2. The molecule has 40 heavy (non-hydrogen) atoms. The number of hydrogen-bond donors (Lipinski definition) is 1. The van der Waals surface area contributed by atoms with E-state index in [-0.39, 0.29) is 5.69 Å². The van der Waals surface area contributed by atoms with E-state index in [9.17, 15) is 28.2 Å². The van der Waals surface area contributed by atoms with Gasteiger partial charge in [-0.1, -0.05) is 72.8 Å². The number of benzene rings is 3. The number of anilines is 1. The van der Waals surface area contributed by atoms with Gasteiger partial charge in [-0.3, -0.25) is 9.89 Å². The van der Waals surface area contributed by atoms with Gasteiger partial charge in [0.15, 0.2) is 0 Å². The topological polar surface area (TPSA) is 87.2 Å². The van der Waals surface area contributed by atoms with Crippen LogP contribution in [0.15, 0.2) is 101 Å². The minimum atomic E-state index is -4.95. The number of halogens is 3. The van der Waals surface area contributed by atoms with Gasteiger partial charge in [-0.2, -0.15) is 13.2 Å². The first-order valence-corrected chi connectivity index (χ1v) is 13.0.